The van der Waals surface area contributed by atoms with E-state index in [9.17, 15) is 5.48 Å². The second kappa shape index (κ2) is 9.62. The van der Waals surface area contributed by atoms with Gasteiger partial charge < -0.3 is 0 Å². The van der Waals surface area contributed by atoms with Gasteiger partial charge in [0.2, 0.25) is 0 Å². The van der Waals surface area contributed by atoms with Gasteiger partial charge in [0.15, 0.2) is 0 Å². The van der Waals surface area contributed by atoms with E-state index in [1.165, 1.54) is 28.8 Å². The van der Waals surface area contributed by atoms with E-state index in [0.717, 1.165) is 0 Å². The Balaban J connectivity index is 1.61. The van der Waals surface area contributed by atoms with Crippen LogP contribution in [0.1, 0.15) is 24.7 Å². The maximum atomic E-state index is 9.34. The van der Waals surface area contributed by atoms with Crippen LogP contribution in [0.15, 0.2) is 157 Å². The maximum Gasteiger partial charge on any atom is 0.146 e. The van der Waals surface area contributed by atoms with E-state index in [4.69, 9.17) is 24.2 Å². The van der Waals surface area contributed by atoms with Gasteiger partial charge in [-0.15, -0.1) is 0 Å². The standard InChI is InChI=1S/C39H26N2/c1-3-13-27(14-4-1)28-23-25-29(26-24-28)37-31-17-7-9-19-33(31)38(34-20-10-8-18-32(34)37)39-40-35-21-11-12-22-36(35)41(39)30-15-5-2-6-16-30/h1-26H/i1D,2D,3D,4D,5D,6D,7D,8D,9D,10D,13D,14D,15D,16D,17D,18D,19D,20D. The van der Waals surface area contributed by atoms with Gasteiger partial charge in [0.25, 0.3) is 0 Å². The monoisotopic (exact) mass is 540 g/mol. The molecule has 8 aromatic rings. The summed E-state index contributed by atoms with van der Waals surface area (Å²) in [6.07, 6.45) is 0. The minimum atomic E-state index is -0.697. The van der Waals surface area contributed by atoms with Gasteiger partial charge >= 0.3 is 0 Å². The lowest BCUT2D eigenvalue weighted by Gasteiger charge is -2.18. The molecule has 0 bridgehead atoms. The largest absolute Gasteiger partial charge is 0.292 e. The molecule has 8 rings (SSSR count). The van der Waals surface area contributed by atoms with Crippen molar-refractivity contribution in [2.24, 2.45) is 0 Å². The summed E-state index contributed by atoms with van der Waals surface area (Å²) in [6, 6.07) is 1.08. The first kappa shape index (κ1) is 11.6. The van der Waals surface area contributed by atoms with Crippen LogP contribution in [-0.4, -0.2) is 9.55 Å². The van der Waals surface area contributed by atoms with E-state index >= 15 is 0 Å². The van der Waals surface area contributed by atoms with E-state index in [2.05, 4.69) is 0 Å². The Morgan fingerprint density at radius 2 is 0.976 bits per heavy atom. The van der Waals surface area contributed by atoms with E-state index in [0.29, 0.717) is 0 Å². The van der Waals surface area contributed by atoms with Crippen LogP contribution < -0.4 is 0 Å². The van der Waals surface area contributed by atoms with E-state index in [-0.39, 0.29) is 71.9 Å². The first-order chi connectivity index (χ1) is 27.8. The summed E-state index contributed by atoms with van der Waals surface area (Å²) in [6.45, 7) is 0. The van der Waals surface area contributed by atoms with Gasteiger partial charge in [-0.05, 0) is 68.0 Å². The molecule has 0 radical (unpaired) electrons. The zero-order chi connectivity index (χ0) is 42.8. The number of benzene rings is 7. The summed E-state index contributed by atoms with van der Waals surface area (Å²) in [4.78, 5) is 4.80. The highest BCUT2D eigenvalue weighted by atomic mass is 15.1. The summed E-state index contributed by atoms with van der Waals surface area (Å²) in [5, 5.41) is -0.887. The molecule has 0 unspecified atom stereocenters. The van der Waals surface area contributed by atoms with Gasteiger partial charge in [0, 0.05) is 11.3 Å². The number of hydrogen-bond donors (Lipinski definition) is 0. The molecule has 0 aliphatic heterocycles. The molecule has 0 spiro atoms. The third-order valence-electron chi connectivity index (χ3n) is 6.83. The molecule has 0 atom stereocenters. The molecule has 0 N–H and O–H groups in total. The molecule has 1 heterocycles. The number of fused-ring (bicyclic) bond motifs is 3. The van der Waals surface area contributed by atoms with Crippen LogP contribution >= 0.6 is 0 Å². The van der Waals surface area contributed by atoms with Crippen molar-refractivity contribution in [3.63, 3.8) is 0 Å². The Morgan fingerprint density at radius 1 is 0.463 bits per heavy atom. The number of hydrogen-bond acceptors (Lipinski definition) is 1. The molecule has 1 aromatic heterocycles. The normalized spacial score (nSPS) is 17.6. The van der Waals surface area contributed by atoms with Gasteiger partial charge in [-0.1, -0.05) is 133 Å². The molecule has 0 amide bonds. The third-order valence-corrected chi connectivity index (χ3v) is 6.83. The van der Waals surface area contributed by atoms with Crippen LogP contribution in [0.2, 0.25) is 0 Å². The molecular formula is C39H26N2. The van der Waals surface area contributed by atoms with Crippen LogP contribution in [0.5, 0.6) is 0 Å². The van der Waals surface area contributed by atoms with Crippen molar-refractivity contribution in [2.75, 3.05) is 0 Å². The number of rotatable bonds is 4. The fourth-order valence-electron chi connectivity index (χ4n) is 5.11. The van der Waals surface area contributed by atoms with E-state index < -0.39 is 109 Å². The lowest BCUT2D eigenvalue weighted by atomic mass is 9.87. The van der Waals surface area contributed by atoms with Crippen LogP contribution in [-0.2, 0) is 0 Å². The molecule has 41 heavy (non-hydrogen) atoms. The van der Waals surface area contributed by atoms with Crippen molar-refractivity contribution in [3.05, 3.63) is 157 Å². The van der Waals surface area contributed by atoms with Crippen molar-refractivity contribution in [2.45, 2.75) is 0 Å². The zero-order valence-corrected chi connectivity index (χ0v) is 21.0. The predicted octanol–water partition coefficient (Wildman–Crippen LogP) is 10.3. The fourth-order valence-corrected chi connectivity index (χ4v) is 5.11. The molecule has 0 aliphatic carbocycles. The maximum absolute atomic E-state index is 9.34. The summed E-state index contributed by atoms with van der Waals surface area (Å²) in [5.74, 6) is -0.238. The lowest BCUT2D eigenvalue weighted by Crippen LogP contribution is -1.99. The second-order valence-electron chi connectivity index (χ2n) is 9.06. The van der Waals surface area contributed by atoms with Gasteiger partial charge in [0.1, 0.15) is 5.82 Å². The Hall–Kier alpha value is -5.47. The van der Waals surface area contributed by atoms with Gasteiger partial charge in [-0.25, -0.2) is 4.98 Å². The van der Waals surface area contributed by atoms with Crippen molar-refractivity contribution < 1.29 is 24.7 Å². The van der Waals surface area contributed by atoms with E-state index in [1.807, 2.05) is 0 Å². The minimum absolute atomic E-state index is 0.0455. The number of para-hydroxylation sites is 3. The van der Waals surface area contributed by atoms with Crippen LogP contribution in [0.4, 0.5) is 0 Å². The highest BCUT2D eigenvalue weighted by Gasteiger charge is 2.21. The predicted molar refractivity (Wildman–Crippen MR) is 172 cm³/mol. The van der Waals surface area contributed by atoms with Crippen LogP contribution in [0.25, 0.3) is 71.9 Å². The summed E-state index contributed by atoms with van der Waals surface area (Å²) in [5.41, 5.74) is 0.0789. The Labute approximate surface area is 264 Å². The van der Waals surface area contributed by atoms with Crippen LogP contribution in [0, 0.1) is 0 Å². The Bertz CT molecular complexity index is 3050. The molecule has 0 fully saturated rings. The zero-order valence-electron chi connectivity index (χ0n) is 39.0. The number of nitrogens with zero attached hydrogens (tertiary/aromatic N) is 2. The summed E-state index contributed by atoms with van der Waals surface area (Å²) < 4.78 is 158. The van der Waals surface area contributed by atoms with Crippen molar-refractivity contribution in [3.8, 4) is 39.3 Å². The topological polar surface area (TPSA) is 17.8 Å². The highest BCUT2D eigenvalue weighted by Crippen LogP contribution is 2.44. The smallest absolute Gasteiger partial charge is 0.146 e. The molecule has 0 saturated heterocycles. The molecule has 0 saturated carbocycles. The Morgan fingerprint density at radius 3 is 1.61 bits per heavy atom. The summed E-state index contributed by atoms with van der Waals surface area (Å²) >= 11 is 0. The summed E-state index contributed by atoms with van der Waals surface area (Å²) in [7, 11) is 0. The fraction of sp³-hybridized carbons (Fsp3) is 0. The minimum Gasteiger partial charge on any atom is -0.292 e. The first-order valence-corrected chi connectivity index (χ1v) is 12.5. The molecule has 7 aromatic carbocycles. The number of aromatic nitrogens is 2. The number of imidazole rings is 1. The second-order valence-corrected chi connectivity index (χ2v) is 9.06. The lowest BCUT2D eigenvalue weighted by molar-refractivity contribution is 1.11. The van der Waals surface area contributed by atoms with Crippen LogP contribution in [0.3, 0.4) is 0 Å². The van der Waals surface area contributed by atoms with E-state index in [1.54, 1.807) is 24.3 Å². The van der Waals surface area contributed by atoms with Crippen molar-refractivity contribution in [1.29, 1.82) is 0 Å². The molecule has 192 valence electrons. The van der Waals surface area contributed by atoms with Crippen molar-refractivity contribution >= 4 is 32.6 Å². The molecule has 2 nitrogen and oxygen atoms in total. The first-order valence-electron chi connectivity index (χ1n) is 21.5. The molecule has 2 heteroatoms. The van der Waals surface area contributed by atoms with Gasteiger partial charge in [0.05, 0.1) is 35.7 Å². The quantitative estimate of drug-likeness (QED) is 0.203. The third kappa shape index (κ3) is 3.84. The van der Waals surface area contributed by atoms with Gasteiger partial charge in [-0.3, -0.25) is 4.57 Å². The molecule has 0 aliphatic rings. The average molecular weight is 541 g/mol. The average Bonchev–Trinajstić information content (AvgIpc) is 3.61. The highest BCUT2D eigenvalue weighted by molar-refractivity contribution is 6.21. The van der Waals surface area contributed by atoms with Gasteiger partial charge in [-0.2, -0.15) is 0 Å². The van der Waals surface area contributed by atoms with Crippen molar-refractivity contribution in [1.82, 2.24) is 9.55 Å². The SMILES string of the molecule is [2H]c1c([2H])c([2H])c(-c2ccc(-c3c4c([2H])c([2H])c([2H])c([2H])c4c(-c4nc5ccccc5n4-c4c([2H])c([2H])c([2H])c([2H])c4[2H])c4c([2H])c([2H])c([2H])c([2H])c34)cc2)c([2H])c1[2H]. The Kier molecular flexibility index (Phi) is 2.71. The molecular weight excluding hydrogens is 496 g/mol.